The first-order valence-electron chi connectivity index (χ1n) is 10.1. The molecular formula is C24H25NO5S. The quantitative estimate of drug-likeness (QED) is 0.595. The van der Waals surface area contributed by atoms with E-state index < -0.39 is 10.0 Å². The highest BCUT2D eigenvalue weighted by Gasteiger charge is 2.29. The summed E-state index contributed by atoms with van der Waals surface area (Å²) in [6.45, 7) is 2.56. The first-order chi connectivity index (χ1) is 14.9. The van der Waals surface area contributed by atoms with Gasteiger partial charge in [-0.15, -0.1) is 0 Å². The zero-order chi connectivity index (χ0) is 22.0. The summed E-state index contributed by atoms with van der Waals surface area (Å²) >= 11 is 0. The first-order valence-corrected chi connectivity index (χ1v) is 11.8. The maximum absolute atomic E-state index is 11.6. The summed E-state index contributed by atoms with van der Waals surface area (Å²) in [5.41, 5.74) is 4.45. The van der Waals surface area contributed by atoms with Gasteiger partial charge >= 0.3 is 0 Å². The summed E-state index contributed by atoms with van der Waals surface area (Å²) in [5, 5.41) is 5.27. The Morgan fingerprint density at radius 2 is 1.77 bits per heavy atom. The van der Waals surface area contributed by atoms with E-state index >= 15 is 0 Å². The van der Waals surface area contributed by atoms with Gasteiger partial charge in [-0.25, -0.2) is 13.6 Å². The lowest BCUT2D eigenvalue weighted by atomic mass is 9.88. The lowest BCUT2D eigenvalue weighted by Crippen LogP contribution is -2.19. The van der Waals surface area contributed by atoms with Gasteiger partial charge in [0.25, 0.3) is 0 Å². The minimum Gasteiger partial charge on any atom is -0.496 e. The molecule has 1 aliphatic rings. The Hall–Kier alpha value is -3.03. The number of hydrogen-bond acceptors (Lipinski definition) is 5. The molecule has 1 atom stereocenters. The van der Waals surface area contributed by atoms with E-state index in [9.17, 15) is 8.42 Å². The van der Waals surface area contributed by atoms with Crippen molar-refractivity contribution in [2.45, 2.75) is 25.2 Å². The van der Waals surface area contributed by atoms with Crippen molar-refractivity contribution < 1.29 is 22.6 Å². The number of sulfonamides is 1. The van der Waals surface area contributed by atoms with Crippen molar-refractivity contribution in [3.05, 3.63) is 77.4 Å². The molecule has 4 rings (SSSR count). The van der Waals surface area contributed by atoms with Crippen molar-refractivity contribution in [3.8, 4) is 28.4 Å². The van der Waals surface area contributed by atoms with Crippen LogP contribution in [0.3, 0.4) is 0 Å². The minimum absolute atomic E-state index is 0.227. The summed E-state index contributed by atoms with van der Waals surface area (Å²) in [6.07, 6.45) is 0.336. The van der Waals surface area contributed by atoms with Gasteiger partial charge < -0.3 is 14.2 Å². The average Bonchev–Trinajstić information content (AvgIpc) is 2.74. The van der Waals surface area contributed by atoms with Crippen LogP contribution in [0, 0.1) is 0 Å². The number of benzene rings is 3. The van der Waals surface area contributed by atoms with E-state index in [0.717, 1.165) is 33.8 Å². The van der Waals surface area contributed by atoms with E-state index in [4.69, 9.17) is 19.3 Å². The number of ether oxygens (including phenoxy) is 3. The lowest BCUT2D eigenvalue weighted by Gasteiger charge is -2.30. The molecule has 1 heterocycles. The highest BCUT2D eigenvalue weighted by molar-refractivity contribution is 7.88. The molecule has 0 radical (unpaired) electrons. The number of hydrogen-bond donors (Lipinski definition) is 1. The molecule has 0 amide bonds. The van der Waals surface area contributed by atoms with E-state index in [1.807, 2.05) is 61.5 Å². The van der Waals surface area contributed by atoms with Crippen LogP contribution in [0.1, 0.15) is 29.7 Å². The number of methoxy groups -OCH3 is 1. The second-order valence-corrected chi connectivity index (χ2v) is 9.06. The van der Waals surface area contributed by atoms with Gasteiger partial charge in [-0.2, -0.15) is 0 Å². The minimum atomic E-state index is -3.64. The van der Waals surface area contributed by atoms with Gasteiger partial charge in [0.05, 0.1) is 25.0 Å². The third kappa shape index (κ3) is 4.68. The molecule has 31 heavy (non-hydrogen) atoms. The second-order valence-electron chi connectivity index (χ2n) is 7.45. The van der Waals surface area contributed by atoms with Crippen LogP contribution in [0.4, 0.5) is 0 Å². The van der Waals surface area contributed by atoms with E-state index in [-0.39, 0.29) is 11.9 Å². The predicted octanol–water partition coefficient (Wildman–Crippen LogP) is 4.23. The van der Waals surface area contributed by atoms with Crippen molar-refractivity contribution in [2.75, 3.05) is 13.7 Å². The van der Waals surface area contributed by atoms with Gasteiger partial charge in [0.2, 0.25) is 10.0 Å². The Bertz CT molecular complexity index is 1190. The molecule has 1 unspecified atom stereocenters. The Morgan fingerprint density at radius 1 is 1.03 bits per heavy atom. The summed E-state index contributed by atoms with van der Waals surface area (Å²) in [6, 6.07) is 19.2. The molecule has 2 N–H and O–H groups in total. The normalized spacial score (nSPS) is 14.9. The Kier molecular flexibility index (Phi) is 5.89. The zero-order valence-corrected chi connectivity index (χ0v) is 18.3. The molecule has 1 aliphatic heterocycles. The molecule has 0 aliphatic carbocycles. The summed E-state index contributed by atoms with van der Waals surface area (Å²) in [7, 11) is -2.02. The maximum atomic E-state index is 11.6. The van der Waals surface area contributed by atoms with Crippen molar-refractivity contribution >= 4 is 10.0 Å². The van der Waals surface area contributed by atoms with Crippen LogP contribution >= 0.6 is 0 Å². The molecule has 0 fully saturated rings. The Morgan fingerprint density at radius 3 is 2.45 bits per heavy atom. The SMILES string of the molecule is CCOc1ccc(CC2Oc3cccc(OC)c3-c3ccc(CS(N)(=O)=O)cc32)cc1. The van der Waals surface area contributed by atoms with Crippen molar-refractivity contribution in [1.82, 2.24) is 0 Å². The van der Waals surface area contributed by atoms with Crippen LogP contribution in [-0.2, 0) is 22.2 Å². The van der Waals surface area contributed by atoms with E-state index in [2.05, 4.69) is 0 Å². The van der Waals surface area contributed by atoms with Gasteiger partial charge in [0.1, 0.15) is 23.4 Å². The highest BCUT2D eigenvalue weighted by atomic mass is 32.2. The molecule has 0 aromatic heterocycles. The van der Waals surface area contributed by atoms with E-state index in [1.165, 1.54) is 0 Å². The van der Waals surface area contributed by atoms with Gasteiger partial charge in [-0.1, -0.05) is 36.4 Å². The molecule has 0 saturated carbocycles. The smallest absolute Gasteiger partial charge is 0.213 e. The van der Waals surface area contributed by atoms with Gasteiger partial charge in [0.15, 0.2) is 0 Å². The Labute approximate surface area is 182 Å². The summed E-state index contributed by atoms with van der Waals surface area (Å²) < 4.78 is 40.7. The monoisotopic (exact) mass is 439 g/mol. The molecule has 3 aromatic rings. The van der Waals surface area contributed by atoms with E-state index in [0.29, 0.717) is 24.3 Å². The number of rotatable bonds is 7. The van der Waals surface area contributed by atoms with Crippen molar-refractivity contribution in [1.29, 1.82) is 0 Å². The molecule has 6 nitrogen and oxygen atoms in total. The molecular weight excluding hydrogens is 414 g/mol. The molecule has 3 aromatic carbocycles. The molecule has 0 saturated heterocycles. The predicted molar refractivity (Wildman–Crippen MR) is 120 cm³/mol. The van der Waals surface area contributed by atoms with Gasteiger partial charge in [0, 0.05) is 12.0 Å². The van der Waals surface area contributed by atoms with Gasteiger partial charge in [-0.3, -0.25) is 0 Å². The second kappa shape index (κ2) is 8.61. The molecule has 162 valence electrons. The number of fused-ring (bicyclic) bond motifs is 3. The maximum Gasteiger partial charge on any atom is 0.213 e. The van der Waals surface area contributed by atoms with Crippen LogP contribution in [0.2, 0.25) is 0 Å². The highest BCUT2D eigenvalue weighted by Crippen LogP contribution is 2.48. The molecule has 0 bridgehead atoms. The molecule has 7 heteroatoms. The third-order valence-electron chi connectivity index (χ3n) is 5.23. The number of nitrogens with two attached hydrogens (primary N) is 1. The van der Waals surface area contributed by atoms with Crippen molar-refractivity contribution in [2.24, 2.45) is 5.14 Å². The van der Waals surface area contributed by atoms with Crippen molar-refractivity contribution in [3.63, 3.8) is 0 Å². The van der Waals surface area contributed by atoms with Gasteiger partial charge in [-0.05, 0) is 47.9 Å². The Balaban J connectivity index is 1.75. The summed E-state index contributed by atoms with van der Waals surface area (Å²) in [5.74, 6) is 2.04. The summed E-state index contributed by atoms with van der Waals surface area (Å²) in [4.78, 5) is 0. The standard InChI is InChI=1S/C24H25NO5S/c1-3-29-18-10-7-16(8-11-18)14-23-20-13-17(15-31(25,26)27)9-12-19(20)24-21(28-2)5-4-6-22(24)30-23/h4-13,23H,3,14-15H2,1-2H3,(H2,25,26,27). The van der Waals surface area contributed by atoms with Crippen LogP contribution in [0.15, 0.2) is 60.7 Å². The largest absolute Gasteiger partial charge is 0.496 e. The zero-order valence-electron chi connectivity index (χ0n) is 17.5. The molecule has 0 spiro atoms. The van der Waals surface area contributed by atoms with Crippen LogP contribution in [-0.4, -0.2) is 22.1 Å². The van der Waals surface area contributed by atoms with Crippen LogP contribution in [0.25, 0.3) is 11.1 Å². The fraction of sp³-hybridized carbons (Fsp3) is 0.250. The topological polar surface area (TPSA) is 87.8 Å². The van der Waals surface area contributed by atoms with Crippen LogP contribution in [0.5, 0.6) is 17.2 Å². The lowest BCUT2D eigenvalue weighted by molar-refractivity contribution is 0.201. The fourth-order valence-electron chi connectivity index (χ4n) is 3.94. The number of primary sulfonamides is 1. The van der Waals surface area contributed by atoms with Crippen LogP contribution < -0.4 is 19.3 Å². The fourth-order valence-corrected chi connectivity index (χ4v) is 4.59. The first kappa shape index (κ1) is 21.2. The third-order valence-corrected chi connectivity index (χ3v) is 5.97. The average molecular weight is 440 g/mol. The van der Waals surface area contributed by atoms with E-state index in [1.54, 1.807) is 13.2 Å².